The van der Waals surface area contributed by atoms with Crippen molar-refractivity contribution in [3.05, 3.63) is 66.4 Å². The molecular formula is C37H42F3N7O4. The third kappa shape index (κ3) is 7.73. The van der Waals surface area contributed by atoms with Crippen LogP contribution >= 0.6 is 0 Å². The van der Waals surface area contributed by atoms with E-state index < -0.39 is 12.1 Å². The van der Waals surface area contributed by atoms with Crippen LogP contribution in [0.4, 0.5) is 24.7 Å². The lowest BCUT2D eigenvalue weighted by atomic mass is 9.95. The van der Waals surface area contributed by atoms with Crippen LogP contribution in [0, 0.1) is 16.7 Å². The van der Waals surface area contributed by atoms with Gasteiger partial charge in [0.2, 0.25) is 5.91 Å². The summed E-state index contributed by atoms with van der Waals surface area (Å²) in [5.41, 5.74) is 3.54. The molecule has 2 saturated heterocycles. The topological polar surface area (TPSA) is 126 Å². The lowest BCUT2D eigenvalue weighted by Gasteiger charge is -2.42. The number of hydrogen-bond acceptors (Lipinski definition) is 9. The van der Waals surface area contributed by atoms with Crippen molar-refractivity contribution in [2.75, 3.05) is 56.2 Å². The second kappa shape index (κ2) is 14.8. The Morgan fingerprint density at radius 1 is 1.10 bits per heavy atom. The smallest absolute Gasteiger partial charge is 0.475 e. The molecule has 2 aromatic carbocycles. The van der Waals surface area contributed by atoms with Crippen LogP contribution in [-0.2, 0) is 22.6 Å². The number of ether oxygens (including phenoxy) is 1. The number of carboxylic acids is 1. The molecule has 0 radical (unpaired) electrons. The standard InChI is InChI=1S/C35H41N7O2.C2HF3O2/c1-3-32(43)42-21-20-41(22-26(42)13-17-36)33-28-14-19-40(30-11-6-9-25-8-4-5-10-27(25)30)23-29(28)37-34(38-33)44-24-35(15-16-35)31-12-7-18-39(31)2;3-2(4,5)1(6)7/h3-6,8-11,26,31H,1,7,12-16,18-24H2,2H3;(H,6,7)/t26-,31+;/m0./s1. The number of halogens is 3. The van der Waals surface area contributed by atoms with E-state index in [9.17, 15) is 23.2 Å². The first-order valence-electron chi connectivity index (χ1n) is 17.2. The number of carboxylic acid groups (broad SMARTS) is 1. The van der Waals surface area contributed by atoms with Gasteiger partial charge in [-0.1, -0.05) is 43.0 Å². The van der Waals surface area contributed by atoms with Crippen molar-refractivity contribution in [1.29, 1.82) is 5.26 Å². The minimum atomic E-state index is -5.08. The summed E-state index contributed by atoms with van der Waals surface area (Å²) in [7, 11) is 2.24. The zero-order chi connectivity index (χ0) is 36.3. The fraction of sp³-hybridized carbons (Fsp3) is 0.486. The molecule has 4 heterocycles. The normalized spacial score (nSPS) is 21.3. The van der Waals surface area contributed by atoms with Gasteiger partial charge in [0.05, 0.1) is 37.4 Å². The predicted molar refractivity (Wildman–Crippen MR) is 185 cm³/mol. The molecule has 1 aliphatic carbocycles. The summed E-state index contributed by atoms with van der Waals surface area (Å²) >= 11 is 0. The summed E-state index contributed by atoms with van der Waals surface area (Å²) < 4.78 is 38.3. The Balaban J connectivity index is 0.000000582. The molecule has 270 valence electrons. The number of aromatic nitrogens is 2. The van der Waals surface area contributed by atoms with E-state index in [1.165, 1.54) is 48.2 Å². The molecule has 51 heavy (non-hydrogen) atoms. The van der Waals surface area contributed by atoms with Crippen LogP contribution in [0.5, 0.6) is 6.01 Å². The van der Waals surface area contributed by atoms with Crippen LogP contribution in [0.25, 0.3) is 10.8 Å². The Kier molecular flexibility index (Phi) is 10.4. The molecule has 1 amide bonds. The number of aliphatic carboxylic acids is 1. The molecule has 4 aliphatic rings. The van der Waals surface area contributed by atoms with Crippen molar-refractivity contribution < 1.29 is 32.6 Å². The van der Waals surface area contributed by atoms with E-state index in [0.29, 0.717) is 44.8 Å². The Labute approximate surface area is 294 Å². The number of benzene rings is 2. The van der Waals surface area contributed by atoms with Gasteiger partial charge in [0.25, 0.3) is 0 Å². The quantitative estimate of drug-likeness (QED) is 0.313. The zero-order valence-corrected chi connectivity index (χ0v) is 28.6. The van der Waals surface area contributed by atoms with Crippen LogP contribution < -0.4 is 14.5 Å². The highest BCUT2D eigenvalue weighted by molar-refractivity contribution is 5.94. The van der Waals surface area contributed by atoms with Gasteiger partial charge in [0.15, 0.2) is 0 Å². The molecule has 1 saturated carbocycles. The summed E-state index contributed by atoms with van der Waals surface area (Å²) in [6.07, 6.45) is 2.17. The number of carbonyl (C=O) groups excluding carboxylic acids is 1. The van der Waals surface area contributed by atoms with Crippen LogP contribution in [-0.4, -0.2) is 101 Å². The number of carbonyl (C=O) groups is 2. The van der Waals surface area contributed by atoms with Gasteiger partial charge < -0.3 is 29.4 Å². The minimum absolute atomic E-state index is 0.129. The van der Waals surface area contributed by atoms with E-state index in [0.717, 1.165) is 36.6 Å². The highest BCUT2D eigenvalue weighted by atomic mass is 19.4. The Morgan fingerprint density at radius 2 is 1.84 bits per heavy atom. The number of piperazine rings is 1. The third-order valence-electron chi connectivity index (χ3n) is 10.5. The largest absolute Gasteiger partial charge is 0.490 e. The Hall–Kier alpha value is -4.90. The average molecular weight is 706 g/mol. The molecule has 0 unspecified atom stereocenters. The molecule has 7 rings (SSSR count). The third-order valence-corrected chi connectivity index (χ3v) is 10.5. The zero-order valence-electron chi connectivity index (χ0n) is 28.6. The average Bonchev–Trinajstić information content (AvgIpc) is 3.79. The van der Waals surface area contributed by atoms with Gasteiger partial charge in [-0.25, -0.2) is 4.79 Å². The lowest BCUT2D eigenvalue weighted by molar-refractivity contribution is -0.192. The highest BCUT2D eigenvalue weighted by Crippen LogP contribution is 2.53. The second-order valence-corrected chi connectivity index (χ2v) is 13.7. The van der Waals surface area contributed by atoms with E-state index in [-0.39, 0.29) is 23.8 Å². The molecule has 0 spiro atoms. The number of nitrogens with zero attached hydrogens (tertiary/aromatic N) is 7. The fourth-order valence-electron chi connectivity index (χ4n) is 7.77. The maximum Gasteiger partial charge on any atom is 0.490 e. The fourth-order valence-corrected chi connectivity index (χ4v) is 7.77. The first-order chi connectivity index (χ1) is 24.4. The minimum Gasteiger partial charge on any atom is -0.475 e. The molecule has 3 aliphatic heterocycles. The Bertz CT molecular complexity index is 1820. The molecular weight excluding hydrogens is 663 g/mol. The van der Waals surface area contributed by atoms with Gasteiger partial charge in [-0.15, -0.1) is 0 Å². The van der Waals surface area contributed by atoms with Gasteiger partial charge in [-0.05, 0) is 63.2 Å². The predicted octanol–water partition coefficient (Wildman–Crippen LogP) is 5.20. The summed E-state index contributed by atoms with van der Waals surface area (Å²) in [5, 5.41) is 19.2. The highest BCUT2D eigenvalue weighted by Gasteiger charge is 2.52. The van der Waals surface area contributed by atoms with Crippen molar-refractivity contribution in [3.63, 3.8) is 0 Å². The van der Waals surface area contributed by atoms with Gasteiger partial charge in [0, 0.05) is 54.3 Å². The van der Waals surface area contributed by atoms with Crippen LogP contribution in [0.1, 0.15) is 43.4 Å². The van der Waals surface area contributed by atoms with Gasteiger partial charge in [-0.2, -0.15) is 28.4 Å². The van der Waals surface area contributed by atoms with E-state index in [1.807, 2.05) is 0 Å². The monoisotopic (exact) mass is 705 g/mol. The molecule has 3 fully saturated rings. The molecule has 1 aromatic heterocycles. The maximum atomic E-state index is 12.6. The Morgan fingerprint density at radius 3 is 2.51 bits per heavy atom. The second-order valence-electron chi connectivity index (χ2n) is 13.7. The molecule has 3 aromatic rings. The maximum absolute atomic E-state index is 12.6. The van der Waals surface area contributed by atoms with Crippen LogP contribution in [0.3, 0.4) is 0 Å². The molecule has 11 nitrogen and oxygen atoms in total. The van der Waals surface area contributed by atoms with Crippen molar-refractivity contribution in [1.82, 2.24) is 19.8 Å². The summed E-state index contributed by atoms with van der Waals surface area (Å²) in [6, 6.07) is 18.1. The number of amides is 1. The lowest BCUT2D eigenvalue weighted by Crippen LogP contribution is -2.55. The summed E-state index contributed by atoms with van der Waals surface area (Å²) in [4.78, 5) is 40.6. The van der Waals surface area contributed by atoms with E-state index in [4.69, 9.17) is 24.6 Å². The summed E-state index contributed by atoms with van der Waals surface area (Å²) in [6.45, 7) is 8.67. The number of anilines is 2. The number of nitriles is 1. The number of hydrogen-bond donors (Lipinski definition) is 1. The molecule has 1 N–H and O–H groups in total. The number of alkyl halides is 3. The molecule has 0 bridgehead atoms. The first-order valence-corrected chi connectivity index (χ1v) is 17.2. The van der Waals surface area contributed by atoms with Crippen molar-refractivity contribution in [2.45, 2.75) is 63.3 Å². The van der Waals surface area contributed by atoms with Crippen molar-refractivity contribution in [3.8, 4) is 12.1 Å². The van der Waals surface area contributed by atoms with Crippen molar-refractivity contribution in [2.24, 2.45) is 5.41 Å². The van der Waals surface area contributed by atoms with Gasteiger partial charge in [0.1, 0.15) is 5.82 Å². The van der Waals surface area contributed by atoms with E-state index in [1.54, 1.807) is 4.90 Å². The number of likely N-dealkylation sites (tertiary alicyclic amines) is 1. The van der Waals surface area contributed by atoms with Gasteiger partial charge >= 0.3 is 18.2 Å². The number of rotatable bonds is 8. The molecule has 14 heteroatoms. The first kappa shape index (κ1) is 35.9. The van der Waals surface area contributed by atoms with Crippen molar-refractivity contribution >= 4 is 34.2 Å². The molecule has 2 atom stereocenters. The SMILES string of the molecule is C=CC(=O)N1CCN(c2nc(OCC3([C@H]4CCCN4C)CC3)nc3c2CCN(c2cccc4ccccc24)C3)C[C@@H]1CC#N.O=C(O)C(F)(F)F. The van der Waals surface area contributed by atoms with E-state index >= 15 is 0 Å². The van der Waals surface area contributed by atoms with Crippen LogP contribution in [0.15, 0.2) is 55.1 Å². The van der Waals surface area contributed by atoms with Crippen LogP contribution in [0.2, 0.25) is 0 Å². The van der Waals surface area contributed by atoms with E-state index in [2.05, 4.69) is 76.9 Å². The summed E-state index contributed by atoms with van der Waals surface area (Å²) in [5.74, 6) is -2.00. The number of fused-ring (bicyclic) bond motifs is 2. The van der Waals surface area contributed by atoms with Gasteiger partial charge in [-0.3, -0.25) is 4.79 Å².